The first-order chi connectivity index (χ1) is 13.5. The number of aryl methyl sites for hydroxylation is 1. The van der Waals surface area contributed by atoms with Crippen molar-refractivity contribution in [2.24, 2.45) is 0 Å². The Morgan fingerprint density at radius 2 is 1.72 bits per heavy atom. The zero-order chi connectivity index (χ0) is 20.4. The van der Waals surface area contributed by atoms with Crippen LogP contribution in [0.25, 0.3) is 0 Å². The molecule has 1 aliphatic heterocycles. The van der Waals surface area contributed by atoms with E-state index in [0.29, 0.717) is 6.04 Å². The fourth-order valence-corrected chi connectivity index (χ4v) is 5.05. The van der Waals surface area contributed by atoms with Gasteiger partial charge in [-0.1, -0.05) is 63.6 Å². The van der Waals surface area contributed by atoms with Crippen LogP contribution in [0.5, 0.6) is 0 Å². The van der Waals surface area contributed by atoms with Gasteiger partial charge in [-0.25, -0.2) is 0 Å². The van der Waals surface area contributed by atoms with Crippen LogP contribution in [0.4, 0.5) is 5.69 Å². The smallest absolute Gasteiger partial charge is 0.0903 e. The van der Waals surface area contributed by atoms with Crippen LogP contribution in [0.1, 0.15) is 90.0 Å². The number of unbranched alkanes of at least 4 members (excludes halogenated alkanes) is 5. The second-order valence-electron chi connectivity index (χ2n) is 9.83. The molecule has 0 N–H and O–H groups in total. The van der Waals surface area contributed by atoms with Crippen LogP contribution in [0.2, 0.25) is 0 Å². The third kappa shape index (κ3) is 8.77. The summed E-state index contributed by atoms with van der Waals surface area (Å²) in [5.41, 5.74) is 2.89. The SMILES string of the molecule is CCCCCCCCC(C)N(CC[C@H]1CCCC[N+]1(C)C)c1ccccc1C.[I-]. The number of anilines is 1. The van der Waals surface area contributed by atoms with Crippen LogP contribution in [-0.2, 0) is 0 Å². The van der Waals surface area contributed by atoms with Gasteiger partial charge in [0, 0.05) is 24.7 Å². The number of quaternary nitrogens is 1. The van der Waals surface area contributed by atoms with Crippen molar-refractivity contribution in [1.82, 2.24) is 0 Å². The van der Waals surface area contributed by atoms with Gasteiger partial charge in [-0.05, 0) is 51.2 Å². The van der Waals surface area contributed by atoms with Gasteiger partial charge in [0.15, 0.2) is 0 Å². The molecule has 0 aromatic heterocycles. The van der Waals surface area contributed by atoms with Gasteiger partial charge in [-0.2, -0.15) is 0 Å². The number of para-hydroxylation sites is 1. The number of piperidine rings is 1. The lowest BCUT2D eigenvalue weighted by molar-refractivity contribution is -0.920. The Hall–Kier alpha value is -0.290. The highest BCUT2D eigenvalue weighted by molar-refractivity contribution is 5.53. The maximum atomic E-state index is 2.73. The Kier molecular flexibility index (Phi) is 12.8. The van der Waals surface area contributed by atoms with Gasteiger partial charge in [0.1, 0.15) is 0 Å². The van der Waals surface area contributed by atoms with Gasteiger partial charge in [0.25, 0.3) is 0 Å². The van der Waals surface area contributed by atoms with Crippen molar-refractivity contribution >= 4 is 5.69 Å². The molecule has 0 amide bonds. The maximum absolute atomic E-state index is 2.73. The first-order valence-corrected chi connectivity index (χ1v) is 12.1. The Morgan fingerprint density at radius 3 is 2.41 bits per heavy atom. The predicted molar refractivity (Wildman–Crippen MR) is 125 cm³/mol. The summed E-state index contributed by atoms with van der Waals surface area (Å²) in [5, 5.41) is 0. The lowest BCUT2D eigenvalue weighted by atomic mass is 9.96. The molecular formula is C26H47IN2. The summed E-state index contributed by atoms with van der Waals surface area (Å²) in [6.07, 6.45) is 15.2. The first kappa shape index (κ1) is 26.7. The van der Waals surface area contributed by atoms with E-state index < -0.39 is 0 Å². The van der Waals surface area contributed by atoms with Gasteiger partial charge in [-0.15, -0.1) is 0 Å². The number of likely N-dealkylation sites (tertiary alicyclic amines) is 1. The molecule has 0 radical (unpaired) electrons. The van der Waals surface area contributed by atoms with Crippen LogP contribution < -0.4 is 28.9 Å². The van der Waals surface area contributed by atoms with E-state index >= 15 is 0 Å². The summed E-state index contributed by atoms with van der Waals surface area (Å²) in [4.78, 5) is 2.73. The summed E-state index contributed by atoms with van der Waals surface area (Å²) in [6.45, 7) is 9.59. The van der Waals surface area contributed by atoms with Gasteiger partial charge in [0.05, 0.1) is 26.7 Å². The number of halogens is 1. The lowest BCUT2D eigenvalue weighted by Gasteiger charge is -2.43. The van der Waals surface area contributed by atoms with E-state index in [-0.39, 0.29) is 24.0 Å². The summed E-state index contributed by atoms with van der Waals surface area (Å²) >= 11 is 0. The molecule has 29 heavy (non-hydrogen) atoms. The molecule has 0 spiro atoms. The van der Waals surface area contributed by atoms with Gasteiger partial charge in [-0.3, -0.25) is 0 Å². The molecule has 1 aromatic rings. The quantitative estimate of drug-likeness (QED) is 0.232. The number of hydrogen-bond donors (Lipinski definition) is 0. The molecule has 1 aromatic carbocycles. The standard InChI is InChI=1S/C26H47N2.HI/c1-6-7-8-9-10-11-17-24(3)27(26-19-13-12-16-23(26)2)21-20-25-18-14-15-22-28(25,4)5;/h12-13,16,19,24-25H,6-11,14-15,17-18,20-22H2,1-5H3;1H/q+1;/p-1/t24?,25-;/m1./s1. The fourth-order valence-electron chi connectivity index (χ4n) is 5.05. The van der Waals surface area contributed by atoms with E-state index in [4.69, 9.17) is 0 Å². The van der Waals surface area contributed by atoms with Gasteiger partial charge < -0.3 is 33.4 Å². The average Bonchev–Trinajstić information content (AvgIpc) is 2.67. The number of benzene rings is 1. The topological polar surface area (TPSA) is 3.24 Å². The predicted octanol–water partition coefficient (Wildman–Crippen LogP) is 3.96. The van der Waals surface area contributed by atoms with E-state index in [9.17, 15) is 0 Å². The molecule has 1 unspecified atom stereocenters. The summed E-state index contributed by atoms with van der Waals surface area (Å²) in [7, 11) is 4.89. The van der Waals surface area contributed by atoms with Crippen molar-refractivity contribution in [3.05, 3.63) is 29.8 Å². The second kappa shape index (κ2) is 13.9. The highest BCUT2D eigenvalue weighted by Gasteiger charge is 2.32. The van der Waals surface area contributed by atoms with Crippen molar-refractivity contribution in [3.8, 4) is 0 Å². The molecule has 1 fully saturated rings. The Balaban J connectivity index is 0.00000420. The van der Waals surface area contributed by atoms with Crippen LogP contribution in [0, 0.1) is 6.92 Å². The molecule has 2 nitrogen and oxygen atoms in total. The van der Waals surface area contributed by atoms with Crippen LogP contribution in [0.3, 0.4) is 0 Å². The molecule has 0 bridgehead atoms. The minimum absolute atomic E-state index is 0. The summed E-state index contributed by atoms with van der Waals surface area (Å²) in [5.74, 6) is 0. The molecule has 0 aliphatic carbocycles. The number of hydrogen-bond acceptors (Lipinski definition) is 1. The molecule has 2 atom stereocenters. The highest BCUT2D eigenvalue weighted by Crippen LogP contribution is 2.28. The normalized spacial score (nSPS) is 19.4. The average molecular weight is 515 g/mol. The Bertz CT molecular complexity index is 557. The molecule has 0 saturated carbocycles. The molecule has 1 saturated heterocycles. The molecule has 2 rings (SSSR count). The highest BCUT2D eigenvalue weighted by atomic mass is 127. The van der Waals surface area contributed by atoms with Gasteiger partial charge in [0.2, 0.25) is 0 Å². The van der Waals surface area contributed by atoms with E-state index in [1.807, 2.05) is 0 Å². The van der Waals surface area contributed by atoms with Crippen LogP contribution in [-0.4, -0.2) is 43.8 Å². The van der Waals surface area contributed by atoms with Crippen LogP contribution >= 0.6 is 0 Å². The molecule has 168 valence electrons. The van der Waals surface area contributed by atoms with Crippen molar-refractivity contribution in [3.63, 3.8) is 0 Å². The molecular weight excluding hydrogens is 467 g/mol. The molecule has 1 heterocycles. The fraction of sp³-hybridized carbons (Fsp3) is 0.769. The zero-order valence-corrected chi connectivity index (χ0v) is 22.1. The second-order valence-corrected chi connectivity index (χ2v) is 9.83. The monoisotopic (exact) mass is 514 g/mol. The zero-order valence-electron chi connectivity index (χ0n) is 19.9. The Labute approximate surface area is 199 Å². The first-order valence-electron chi connectivity index (χ1n) is 12.1. The minimum Gasteiger partial charge on any atom is -1.00 e. The van der Waals surface area contributed by atoms with E-state index in [2.05, 4.69) is 64.0 Å². The summed E-state index contributed by atoms with van der Waals surface area (Å²) < 4.78 is 1.22. The number of rotatable bonds is 12. The molecule has 1 aliphatic rings. The van der Waals surface area contributed by atoms with Crippen molar-refractivity contribution in [1.29, 1.82) is 0 Å². The molecule has 3 heteroatoms. The van der Waals surface area contributed by atoms with E-state index in [0.717, 1.165) is 6.04 Å². The van der Waals surface area contributed by atoms with Crippen LogP contribution in [0.15, 0.2) is 24.3 Å². The lowest BCUT2D eigenvalue weighted by Crippen LogP contribution is -3.00. The Morgan fingerprint density at radius 1 is 1.03 bits per heavy atom. The largest absolute Gasteiger partial charge is 1.00 e. The van der Waals surface area contributed by atoms with E-state index in [1.165, 1.54) is 99.5 Å². The minimum atomic E-state index is 0. The maximum Gasteiger partial charge on any atom is 0.0903 e. The third-order valence-electron chi connectivity index (χ3n) is 7.15. The summed E-state index contributed by atoms with van der Waals surface area (Å²) in [6, 6.07) is 10.5. The third-order valence-corrected chi connectivity index (χ3v) is 7.15. The van der Waals surface area contributed by atoms with Crippen molar-refractivity contribution < 1.29 is 28.5 Å². The van der Waals surface area contributed by atoms with Crippen molar-refractivity contribution in [2.45, 2.75) is 103 Å². The van der Waals surface area contributed by atoms with Gasteiger partial charge >= 0.3 is 0 Å². The van der Waals surface area contributed by atoms with E-state index in [1.54, 1.807) is 0 Å². The number of nitrogens with zero attached hydrogens (tertiary/aromatic N) is 2. The van der Waals surface area contributed by atoms with Crippen molar-refractivity contribution in [2.75, 3.05) is 32.1 Å².